The molecule has 27 heavy (non-hydrogen) atoms. The van der Waals surface area contributed by atoms with Crippen LogP contribution in [-0.4, -0.2) is 69.6 Å². The third kappa shape index (κ3) is 4.44. The van der Waals surface area contributed by atoms with Crippen LogP contribution in [0.4, 0.5) is 5.69 Å². The van der Waals surface area contributed by atoms with E-state index in [1.54, 1.807) is 23.3 Å². The summed E-state index contributed by atoms with van der Waals surface area (Å²) in [6.07, 6.45) is 10.2. The van der Waals surface area contributed by atoms with Crippen LogP contribution in [0, 0.1) is 0 Å². The van der Waals surface area contributed by atoms with Crippen LogP contribution in [0.3, 0.4) is 0 Å². The molecule has 1 amide bonds. The van der Waals surface area contributed by atoms with Crippen LogP contribution in [0.5, 0.6) is 0 Å². The molecule has 4 heterocycles. The van der Waals surface area contributed by atoms with Crippen LogP contribution in [0.15, 0.2) is 30.7 Å². The lowest BCUT2D eigenvalue weighted by atomic mass is 10.0. The van der Waals surface area contributed by atoms with Gasteiger partial charge in [0.2, 0.25) is 0 Å². The molecular weight excluding hydrogens is 342 g/mol. The minimum absolute atomic E-state index is 0.0218. The number of carbonyl (C=O) groups excluding carboxylic acids is 1. The number of carbonyl (C=O) groups is 1. The van der Waals surface area contributed by atoms with E-state index in [-0.39, 0.29) is 5.91 Å². The Kier molecular flexibility index (Phi) is 5.62. The van der Waals surface area contributed by atoms with E-state index in [0.717, 1.165) is 38.3 Å². The van der Waals surface area contributed by atoms with Gasteiger partial charge in [0.25, 0.3) is 5.91 Å². The zero-order valence-electron chi connectivity index (χ0n) is 15.6. The van der Waals surface area contributed by atoms with Gasteiger partial charge in [-0.05, 0) is 37.9 Å². The minimum Gasteiger partial charge on any atom is -0.368 e. The summed E-state index contributed by atoms with van der Waals surface area (Å²) in [6.45, 7) is 4.93. The van der Waals surface area contributed by atoms with Crippen LogP contribution in [-0.2, 0) is 6.54 Å². The standard InChI is InChI=1S/C19H27N7O/c27-19(25-13-11-24(12-14-25)17-4-8-20-9-5-17)18-15-26(23-22-18)10-6-16-3-1-2-7-21-16/h4-5,8-9,15-16,21H,1-3,6-7,10-14H2/t16-/m0/s1. The Balaban J connectivity index is 1.28. The summed E-state index contributed by atoms with van der Waals surface area (Å²) >= 11 is 0. The van der Waals surface area contributed by atoms with Gasteiger partial charge >= 0.3 is 0 Å². The number of aryl methyl sites for hydroxylation is 1. The van der Waals surface area contributed by atoms with E-state index in [9.17, 15) is 4.79 Å². The molecule has 0 spiro atoms. The van der Waals surface area contributed by atoms with Crippen molar-refractivity contribution in [3.8, 4) is 0 Å². The van der Waals surface area contributed by atoms with Crippen LogP contribution < -0.4 is 10.2 Å². The predicted molar refractivity (Wildman–Crippen MR) is 103 cm³/mol. The molecule has 1 N–H and O–H groups in total. The number of rotatable bonds is 5. The van der Waals surface area contributed by atoms with Crippen molar-refractivity contribution in [2.45, 2.75) is 38.3 Å². The summed E-state index contributed by atoms with van der Waals surface area (Å²) in [4.78, 5) is 20.9. The molecule has 8 nitrogen and oxygen atoms in total. The number of hydrogen-bond donors (Lipinski definition) is 1. The Hall–Kier alpha value is -2.48. The highest BCUT2D eigenvalue weighted by Crippen LogP contribution is 2.16. The molecule has 0 unspecified atom stereocenters. The summed E-state index contributed by atoms with van der Waals surface area (Å²) in [5.41, 5.74) is 1.60. The van der Waals surface area contributed by atoms with E-state index in [2.05, 4.69) is 25.5 Å². The third-order valence-electron chi connectivity index (χ3n) is 5.47. The Labute approximate surface area is 159 Å². The van der Waals surface area contributed by atoms with E-state index >= 15 is 0 Å². The first-order valence-electron chi connectivity index (χ1n) is 9.87. The van der Waals surface area contributed by atoms with E-state index < -0.39 is 0 Å². The zero-order chi connectivity index (χ0) is 18.5. The second kappa shape index (κ2) is 8.47. The number of piperidine rings is 1. The summed E-state index contributed by atoms with van der Waals surface area (Å²) in [5.74, 6) is -0.0218. The van der Waals surface area contributed by atoms with E-state index in [1.165, 1.54) is 19.3 Å². The monoisotopic (exact) mass is 369 g/mol. The first-order valence-corrected chi connectivity index (χ1v) is 9.87. The maximum atomic E-state index is 12.7. The van der Waals surface area contributed by atoms with Gasteiger partial charge in [-0.25, -0.2) is 0 Å². The summed E-state index contributed by atoms with van der Waals surface area (Å²) in [5, 5.41) is 11.8. The van der Waals surface area contributed by atoms with Crippen molar-refractivity contribution < 1.29 is 4.79 Å². The summed E-state index contributed by atoms with van der Waals surface area (Å²) in [7, 11) is 0. The van der Waals surface area contributed by atoms with Crippen molar-refractivity contribution in [1.82, 2.24) is 30.2 Å². The Morgan fingerprint density at radius 1 is 1.15 bits per heavy atom. The number of piperazine rings is 1. The average molecular weight is 369 g/mol. The molecule has 2 aromatic rings. The molecule has 2 aliphatic rings. The zero-order valence-corrected chi connectivity index (χ0v) is 15.6. The normalized spacial score (nSPS) is 20.7. The van der Waals surface area contributed by atoms with Gasteiger partial charge in [0.15, 0.2) is 5.69 Å². The molecule has 144 valence electrons. The van der Waals surface area contributed by atoms with Crippen molar-refractivity contribution in [3.63, 3.8) is 0 Å². The third-order valence-corrected chi connectivity index (χ3v) is 5.47. The highest BCUT2D eigenvalue weighted by atomic mass is 16.2. The molecule has 2 fully saturated rings. The molecule has 2 saturated heterocycles. The molecule has 0 radical (unpaired) electrons. The first kappa shape index (κ1) is 17.9. The number of nitrogens with zero attached hydrogens (tertiary/aromatic N) is 6. The van der Waals surface area contributed by atoms with Gasteiger partial charge in [-0.1, -0.05) is 11.6 Å². The van der Waals surface area contributed by atoms with Gasteiger partial charge in [-0.2, -0.15) is 0 Å². The van der Waals surface area contributed by atoms with Gasteiger partial charge in [-0.3, -0.25) is 14.5 Å². The van der Waals surface area contributed by atoms with Crippen molar-refractivity contribution in [3.05, 3.63) is 36.4 Å². The minimum atomic E-state index is -0.0218. The Morgan fingerprint density at radius 2 is 1.96 bits per heavy atom. The van der Waals surface area contributed by atoms with Gasteiger partial charge in [-0.15, -0.1) is 5.10 Å². The fourth-order valence-electron chi connectivity index (χ4n) is 3.85. The Bertz CT molecular complexity index is 734. The molecule has 0 aromatic carbocycles. The number of anilines is 1. The molecule has 1 atom stereocenters. The smallest absolute Gasteiger partial charge is 0.276 e. The first-order chi connectivity index (χ1) is 13.3. The average Bonchev–Trinajstić information content (AvgIpc) is 3.22. The lowest BCUT2D eigenvalue weighted by molar-refractivity contribution is 0.0740. The van der Waals surface area contributed by atoms with Gasteiger partial charge in [0.1, 0.15) is 0 Å². The summed E-state index contributed by atoms with van der Waals surface area (Å²) in [6, 6.07) is 4.57. The van der Waals surface area contributed by atoms with Gasteiger partial charge in [0, 0.05) is 56.8 Å². The molecule has 4 rings (SSSR count). The fourth-order valence-corrected chi connectivity index (χ4v) is 3.85. The highest BCUT2D eigenvalue weighted by Gasteiger charge is 2.24. The SMILES string of the molecule is O=C(c1cn(CC[C@@H]2CCCCN2)nn1)N1CCN(c2ccncc2)CC1. The van der Waals surface area contributed by atoms with Crippen LogP contribution >= 0.6 is 0 Å². The van der Waals surface area contributed by atoms with Crippen LogP contribution in [0.2, 0.25) is 0 Å². The van der Waals surface area contributed by atoms with E-state index in [1.807, 2.05) is 17.0 Å². The molecule has 0 bridgehead atoms. The molecule has 2 aromatic heterocycles. The quantitative estimate of drug-likeness (QED) is 0.852. The van der Waals surface area contributed by atoms with Crippen molar-refractivity contribution in [1.29, 1.82) is 0 Å². The van der Waals surface area contributed by atoms with Crippen molar-refractivity contribution in [2.75, 3.05) is 37.6 Å². The molecular formula is C19H27N7O. The van der Waals surface area contributed by atoms with Gasteiger partial charge in [0.05, 0.1) is 6.20 Å². The summed E-state index contributed by atoms with van der Waals surface area (Å²) < 4.78 is 1.80. The lowest BCUT2D eigenvalue weighted by Crippen LogP contribution is -2.48. The van der Waals surface area contributed by atoms with Crippen LogP contribution in [0.1, 0.15) is 36.2 Å². The number of amides is 1. The van der Waals surface area contributed by atoms with Crippen molar-refractivity contribution in [2.24, 2.45) is 0 Å². The molecule has 0 aliphatic carbocycles. The number of nitrogens with one attached hydrogen (secondary N) is 1. The lowest BCUT2D eigenvalue weighted by Gasteiger charge is -2.35. The molecule has 0 saturated carbocycles. The highest BCUT2D eigenvalue weighted by molar-refractivity contribution is 5.92. The Morgan fingerprint density at radius 3 is 2.70 bits per heavy atom. The van der Waals surface area contributed by atoms with Gasteiger partial charge < -0.3 is 15.1 Å². The number of hydrogen-bond acceptors (Lipinski definition) is 6. The maximum absolute atomic E-state index is 12.7. The molecule has 2 aliphatic heterocycles. The van der Waals surface area contributed by atoms with E-state index in [4.69, 9.17) is 0 Å². The second-order valence-corrected chi connectivity index (χ2v) is 7.29. The number of aromatic nitrogens is 4. The molecule has 8 heteroatoms. The van der Waals surface area contributed by atoms with Crippen LogP contribution in [0.25, 0.3) is 0 Å². The predicted octanol–water partition coefficient (Wildman–Crippen LogP) is 1.17. The number of pyridine rings is 1. The van der Waals surface area contributed by atoms with Crippen molar-refractivity contribution >= 4 is 11.6 Å². The maximum Gasteiger partial charge on any atom is 0.276 e. The van der Waals surface area contributed by atoms with E-state index in [0.29, 0.717) is 24.8 Å². The largest absolute Gasteiger partial charge is 0.368 e. The fraction of sp³-hybridized carbons (Fsp3) is 0.579. The topological polar surface area (TPSA) is 79.2 Å². The second-order valence-electron chi connectivity index (χ2n) is 7.29.